The smallest absolute Gasteiger partial charge is 0.251 e. The third-order valence-electron chi connectivity index (χ3n) is 2.01. The van der Waals surface area contributed by atoms with Crippen LogP contribution in [0.1, 0.15) is 30.6 Å². The lowest BCUT2D eigenvalue weighted by Crippen LogP contribution is -2.34. The Labute approximate surface area is 89.3 Å². The van der Waals surface area contributed by atoms with Gasteiger partial charge in [0.25, 0.3) is 5.91 Å². The molecule has 0 aliphatic carbocycles. The normalized spacial score (nSPS) is 14.3. The zero-order valence-corrected chi connectivity index (χ0v) is 8.97. The van der Waals surface area contributed by atoms with Crippen LogP contribution in [0.15, 0.2) is 24.5 Å². The van der Waals surface area contributed by atoms with Gasteiger partial charge in [-0.25, -0.2) is 0 Å². The summed E-state index contributed by atoms with van der Waals surface area (Å²) in [5.74, 6) is -0.134. The summed E-state index contributed by atoms with van der Waals surface area (Å²) >= 11 is 0. The molecule has 0 spiro atoms. The minimum absolute atomic E-state index is 0.0364. The van der Waals surface area contributed by atoms with Gasteiger partial charge in [-0.2, -0.15) is 0 Å². The van der Waals surface area contributed by atoms with Gasteiger partial charge in [0.2, 0.25) is 0 Å². The number of carbonyl (C=O) groups is 1. The number of hydrogen-bond acceptors (Lipinski definition) is 3. The average Bonchev–Trinajstić information content (AvgIpc) is 2.17. The summed E-state index contributed by atoms with van der Waals surface area (Å²) in [6.45, 7) is 3.57. The highest BCUT2D eigenvalue weighted by atomic mass is 16.3. The van der Waals surface area contributed by atoms with Gasteiger partial charge in [-0.05, 0) is 32.4 Å². The highest BCUT2D eigenvalue weighted by Crippen LogP contribution is 2.00. The first kappa shape index (κ1) is 11.7. The van der Waals surface area contributed by atoms with Gasteiger partial charge in [0.15, 0.2) is 0 Å². The summed E-state index contributed by atoms with van der Waals surface area (Å²) in [7, 11) is 0. The molecule has 1 rings (SSSR count). The highest BCUT2D eigenvalue weighted by molar-refractivity contribution is 5.94. The molecule has 0 saturated heterocycles. The molecule has 0 fully saturated rings. The van der Waals surface area contributed by atoms with Crippen LogP contribution in [0.4, 0.5) is 0 Å². The Kier molecular flexibility index (Phi) is 4.24. The molecule has 4 nitrogen and oxygen atoms in total. The predicted octanol–water partition coefficient (Wildman–Crippen LogP) is 0.971. The van der Waals surface area contributed by atoms with Crippen LogP contribution in [-0.2, 0) is 0 Å². The van der Waals surface area contributed by atoms with Crippen molar-refractivity contribution in [2.45, 2.75) is 32.4 Å². The number of aliphatic hydroxyl groups excluding tert-OH is 1. The molecule has 2 N–H and O–H groups in total. The van der Waals surface area contributed by atoms with Crippen molar-refractivity contribution in [2.24, 2.45) is 0 Å². The molecule has 1 aromatic rings. The van der Waals surface area contributed by atoms with Gasteiger partial charge in [0, 0.05) is 24.0 Å². The molecule has 1 amide bonds. The van der Waals surface area contributed by atoms with Crippen molar-refractivity contribution >= 4 is 5.91 Å². The Hall–Kier alpha value is -1.42. The van der Waals surface area contributed by atoms with E-state index >= 15 is 0 Å². The number of hydrogen-bond donors (Lipinski definition) is 2. The molecule has 0 aliphatic heterocycles. The van der Waals surface area contributed by atoms with Crippen molar-refractivity contribution in [3.8, 4) is 0 Å². The third kappa shape index (κ3) is 4.08. The molecule has 15 heavy (non-hydrogen) atoms. The molecule has 82 valence electrons. The molecule has 0 saturated carbocycles. The van der Waals surface area contributed by atoms with Gasteiger partial charge in [-0.3, -0.25) is 9.78 Å². The van der Waals surface area contributed by atoms with Gasteiger partial charge in [-0.1, -0.05) is 0 Å². The van der Waals surface area contributed by atoms with Crippen LogP contribution < -0.4 is 5.32 Å². The van der Waals surface area contributed by atoms with Crippen LogP contribution in [-0.4, -0.2) is 28.1 Å². The van der Waals surface area contributed by atoms with Gasteiger partial charge < -0.3 is 10.4 Å². The summed E-state index contributed by atoms with van der Waals surface area (Å²) in [5.41, 5.74) is 0.586. The fourth-order valence-corrected chi connectivity index (χ4v) is 1.38. The summed E-state index contributed by atoms with van der Waals surface area (Å²) in [4.78, 5) is 15.5. The van der Waals surface area contributed by atoms with Crippen molar-refractivity contribution in [1.82, 2.24) is 10.3 Å². The number of nitrogens with one attached hydrogen (secondary N) is 1. The van der Waals surface area contributed by atoms with E-state index in [4.69, 9.17) is 5.11 Å². The largest absolute Gasteiger partial charge is 0.393 e. The lowest BCUT2D eigenvalue weighted by atomic mass is 10.1. The van der Waals surface area contributed by atoms with Gasteiger partial charge in [0.1, 0.15) is 0 Å². The lowest BCUT2D eigenvalue weighted by molar-refractivity contribution is 0.0923. The standard InChI is InChI=1S/C11H16N2O2/c1-8(7-9(2)14)13-11(15)10-3-5-12-6-4-10/h3-6,8-9,14H,7H2,1-2H3,(H,13,15). The second kappa shape index (κ2) is 5.46. The highest BCUT2D eigenvalue weighted by Gasteiger charge is 2.10. The molecule has 0 bridgehead atoms. The predicted molar refractivity (Wildman–Crippen MR) is 57.5 cm³/mol. The molecule has 1 heterocycles. The SMILES string of the molecule is CC(O)CC(C)NC(=O)c1ccncc1. The number of amides is 1. The Morgan fingerprint density at radius 2 is 2.07 bits per heavy atom. The molecule has 0 aromatic carbocycles. The Balaban J connectivity index is 2.49. The maximum absolute atomic E-state index is 11.6. The summed E-state index contributed by atoms with van der Waals surface area (Å²) in [6, 6.07) is 3.28. The topological polar surface area (TPSA) is 62.2 Å². The zero-order valence-electron chi connectivity index (χ0n) is 8.97. The first-order valence-corrected chi connectivity index (χ1v) is 4.98. The molecule has 2 unspecified atom stereocenters. The zero-order chi connectivity index (χ0) is 11.3. The monoisotopic (exact) mass is 208 g/mol. The van der Waals surface area contributed by atoms with Crippen molar-refractivity contribution in [2.75, 3.05) is 0 Å². The second-order valence-corrected chi connectivity index (χ2v) is 3.70. The number of aromatic nitrogens is 1. The van der Waals surface area contributed by atoms with E-state index in [-0.39, 0.29) is 11.9 Å². The maximum Gasteiger partial charge on any atom is 0.251 e. The van der Waals surface area contributed by atoms with Crippen molar-refractivity contribution in [3.63, 3.8) is 0 Å². The first-order chi connectivity index (χ1) is 7.09. The summed E-state index contributed by atoms with van der Waals surface area (Å²) in [5, 5.41) is 11.9. The Bertz CT molecular complexity index is 312. The van der Waals surface area contributed by atoms with E-state index in [1.807, 2.05) is 6.92 Å². The van der Waals surface area contributed by atoms with E-state index in [1.165, 1.54) is 0 Å². The van der Waals surface area contributed by atoms with Crippen LogP contribution in [0.25, 0.3) is 0 Å². The van der Waals surface area contributed by atoms with Crippen LogP contribution in [0.5, 0.6) is 0 Å². The Morgan fingerprint density at radius 1 is 1.47 bits per heavy atom. The molecule has 1 aromatic heterocycles. The fourth-order valence-electron chi connectivity index (χ4n) is 1.38. The molecular weight excluding hydrogens is 192 g/mol. The number of rotatable bonds is 4. The summed E-state index contributed by atoms with van der Waals surface area (Å²) < 4.78 is 0. The fraction of sp³-hybridized carbons (Fsp3) is 0.455. The van der Waals surface area contributed by atoms with E-state index in [2.05, 4.69) is 10.3 Å². The van der Waals surface area contributed by atoms with Crippen LogP contribution in [0.2, 0.25) is 0 Å². The van der Waals surface area contributed by atoms with Gasteiger partial charge in [0.05, 0.1) is 6.10 Å². The van der Waals surface area contributed by atoms with E-state index in [1.54, 1.807) is 31.5 Å². The maximum atomic E-state index is 11.6. The third-order valence-corrected chi connectivity index (χ3v) is 2.01. The van der Waals surface area contributed by atoms with Crippen molar-refractivity contribution < 1.29 is 9.90 Å². The second-order valence-electron chi connectivity index (χ2n) is 3.70. The van der Waals surface area contributed by atoms with E-state index in [0.29, 0.717) is 12.0 Å². The minimum Gasteiger partial charge on any atom is -0.393 e. The number of pyridine rings is 1. The van der Waals surface area contributed by atoms with Crippen LogP contribution >= 0.6 is 0 Å². The van der Waals surface area contributed by atoms with E-state index in [9.17, 15) is 4.79 Å². The van der Waals surface area contributed by atoms with Crippen LogP contribution in [0.3, 0.4) is 0 Å². The van der Waals surface area contributed by atoms with Gasteiger partial charge >= 0.3 is 0 Å². The molecule has 4 heteroatoms. The van der Waals surface area contributed by atoms with Crippen molar-refractivity contribution in [3.05, 3.63) is 30.1 Å². The van der Waals surface area contributed by atoms with E-state index in [0.717, 1.165) is 0 Å². The number of nitrogens with zero attached hydrogens (tertiary/aromatic N) is 1. The number of aliphatic hydroxyl groups is 1. The number of carbonyl (C=O) groups excluding carboxylic acids is 1. The van der Waals surface area contributed by atoms with Crippen molar-refractivity contribution in [1.29, 1.82) is 0 Å². The first-order valence-electron chi connectivity index (χ1n) is 4.98. The van der Waals surface area contributed by atoms with E-state index < -0.39 is 6.10 Å². The molecule has 2 atom stereocenters. The average molecular weight is 208 g/mol. The van der Waals surface area contributed by atoms with Crippen LogP contribution in [0, 0.1) is 0 Å². The lowest BCUT2D eigenvalue weighted by Gasteiger charge is -2.15. The van der Waals surface area contributed by atoms with Gasteiger partial charge in [-0.15, -0.1) is 0 Å². The molecule has 0 aliphatic rings. The minimum atomic E-state index is -0.405. The molecular formula is C11H16N2O2. The Morgan fingerprint density at radius 3 is 2.60 bits per heavy atom. The summed E-state index contributed by atoms with van der Waals surface area (Å²) in [6.07, 6.45) is 3.30. The quantitative estimate of drug-likeness (QED) is 0.775. The molecule has 0 radical (unpaired) electrons.